The first-order valence-electron chi connectivity index (χ1n) is 10.7. The van der Waals surface area contributed by atoms with Gasteiger partial charge in [0.1, 0.15) is 17.9 Å². The van der Waals surface area contributed by atoms with Crippen LogP contribution in [0.2, 0.25) is 0 Å². The smallest absolute Gasteiger partial charge is 0.383 e. The van der Waals surface area contributed by atoms with Crippen LogP contribution >= 0.6 is 0 Å². The highest BCUT2D eigenvalue weighted by molar-refractivity contribution is 5.95. The predicted octanol–water partition coefficient (Wildman–Crippen LogP) is 6.09. The molecule has 0 amide bonds. The largest absolute Gasteiger partial charge is 0.489 e. The van der Waals surface area contributed by atoms with Crippen molar-refractivity contribution in [1.82, 2.24) is 0 Å². The zero-order valence-electron chi connectivity index (χ0n) is 19.3. The van der Waals surface area contributed by atoms with Gasteiger partial charge in [0.15, 0.2) is 5.75 Å². The van der Waals surface area contributed by atoms with Gasteiger partial charge in [0.25, 0.3) is 0 Å². The Morgan fingerprint density at radius 1 is 1.00 bits per heavy atom. The fraction of sp³-hybridized carbons (Fsp3) is 0.259. The zero-order valence-corrected chi connectivity index (χ0v) is 19.3. The monoisotopic (exact) mass is 448 g/mol. The molecule has 0 saturated carbocycles. The second-order valence-electron chi connectivity index (χ2n) is 7.85. The van der Waals surface area contributed by atoms with Crippen LogP contribution < -0.4 is 19.8 Å². The SMILES string of the molecule is COc1c(OC(=O)c2ccccc2)c2ccc(OC/C=C(\C)CCC=C(C)C)cc2oc1=O. The Morgan fingerprint density at radius 3 is 2.45 bits per heavy atom. The summed E-state index contributed by atoms with van der Waals surface area (Å²) in [5.74, 6) is -0.228. The number of hydrogen-bond donors (Lipinski definition) is 0. The summed E-state index contributed by atoms with van der Waals surface area (Å²) in [6.07, 6.45) is 6.20. The summed E-state index contributed by atoms with van der Waals surface area (Å²) in [7, 11) is 1.32. The minimum Gasteiger partial charge on any atom is -0.489 e. The van der Waals surface area contributed by atoms with Crippen molar-refractivity contribution < 1.29 is 23.4 Å². The number of fused-ring (bicyclic) bond motifs is 1. The van der Waals surface area contributed by atoms with E-state index in [9.17, 15) is 9.59 Å². The maximum Gasteiger partial charge on any atom is 0.383 e. The Morgan fingerprint density at radius 2 is 1.76 bits per heavy atom. The summed E-state index contributed by atoms with van der Waals surface area (Å²) in [6, 6.07) is 13.5. The molecule has 1 aromatic heterocycles. The van der Waals surface area contributed by atoms with E-state index in [0.717, 1.165) is 12.8 Å². The first-order chi connectivity index (χ1) is 15.9. The van der Waals surface area contributed by atoms with Crippen molar-refractivity contribution in [2.45, 2.75) is 33.6 Å². The molecule has 0 N–H and O–H groups in total. The van der Waals surface area contributed by atoms with Crippen LogP contribution in [0.1, 0.15) is 44.0 Å². The third-order valence-corrected chi connectivity index (χ3v) is 4.97. The van der Waals surface area contributed by atoms with Gasteiger partial charge in [-0.3, -0.25) is 0 Å². The highest BCUT2D eigenvalue weighted by Gasteiger charge is 2.21. The zero-order chi connectivity index (χ0) is 23.8. The van der Waals surface area contributed by atoms with Crippen LogP contribution in [-0.2, 0) is 0 Å². The topological polar surface area (TPSA) is 75.0 Å². The summed E-state index contributed by atoms with van der Waals surface area (Å²) in [5, 5.41) is 0.427. The minimum absolute atomic E-state index is 0.0131. The van der Waals surface area contributed by atoms with Crippen molar-refractivity contribution in [3.8, 4) is 17.2 Å². The highest BCUT2D eigenvalue weighted by atomic mass is 16.6. The highest BCUT2D eigenvalue weighted by Crippen LogP contribution is 2.35. The van der Waals surface area contributed by atoms with Gasteiger partial charge in [-0.2, -0.15) is 0 Å². The van der Waals surface area contributed by atoms with Crippen molar-refractivity contribution in [3.05, 3.63) is 87.8 Å². The van der Waals surface area contributed by atoms with E-state index < -0.39 is 11.6 Å². The third-order valence-electron chi connectivity index (χ3n) is 4.97. The van der Waals surface area contributed by atoms with Crippen LogP contribution in [0.3, 0.4) is 0 Å². The number of carbonyl (C=O) groups is 1. The number of benzene rings is 2. The van der Waals surface area contributed by atoms with Crippen molar-refractivity contribution in [1.29, 1.82) is 0 Å². The van der Waals surface area contributed by atoms with Crippen molar-refractivity contribution in [2.75, 3.05) is 13.7 Å². The summed E-state index contributed by atoms with van der Waals surface area (Å²) in [6.45, 7) is 6.64. The van der Waals surface area contributed by atoms with E-state index in [-0.39, 0.29) is 17.1 Å². The molecule has 0 bridgehead atoms. The van der Waals surface area contributed by atoms with E-state index in [0.29, 0.717) is 23.3 Å². The van der Waals surface area contributed by atoms with Gasteiger partial charge in [-0.1, -0.05) is 35.4 Å². The van der Waals surface area contributed by atoms with Crippen LogP contribution in [0, 0.1) is 0 Å². The summed E-state index contributed by atoms with van der Waals surface area (Å²) >= 11 is 0. The summed E-state index contributed by atoms with van der Waals surface area (Å²) in [4.78, 5) is 25.0. The molecule has 0 radical (unpaired) electrons. The molecule has 172 valence electrons. The normalized spacial score (nSPS) is 11.2. The lowest BCUT2D eigenvalue weighted by atomic mass is 10.1. The van der Waals surface area contributed by atoms with Crippen molar-refractivity contribution in [2.24, 2.45) is 0 Å². The molecule has 6 nitrogen and oxygen atoms in total. The number of ether oxygens (including phenoxy) is 3. The van der Waals surface area contributed by atoms with Crippen molar-refractivity contribution in [3.63, 3.8) is 0 Å². The molecule has 0 saturated heterocycles. The minimum atomic E-state index is -0.743. The molecule has 0 spiro atoms. The standard InChI is InChI=1S/C27H28O6/c1-18(2)9-8-10-19(3)15-16-31-21-13-14-22-23(17-21)32-27(29)25(30-4)24(22)33-26(28)20-11-6-5-7-12-20/h5-7,9,11-15,17H,8,10,16H2,1-4H3/b19-15+. The Labute approximate surface area is 193 Å². The van der Waals surface area contributed by atoms with E-state index in [2.05, 4.69) is 26.8 Å². The Kier molecular flexibility index (Phi) is 8.08. The molecule has 2 aromatic carbocycles. The predicted molar refractivity (Wildman–Crippen MR) is 128 cm³/mol. The lowest BCUT2D eigenvalue weighted by molar-refractivity contribution is 0.0731. The van der Waals surface area contributed by atoms with Crippen LogP contribution in [0.4, 0.5) is 0 Å². The fourth-order valence-corrected chi connectivity index (χ4v) is 3.20. The lowest BCUT2D eigenvalue weighted by Gasteiger charge is -2.12. The lowest BCUT2D eigenvalue weighted by Crippen LogP contribution is -2.13. The molecule has 0 aliphatic carbocycles. The maximum atomic E-state index is 12.6. The molecule has 33 heavy (non-hydrogen) atoms. The van der Waals surface area contributed by atoms with Gasteiger partial charge in [-0.05, 0) is 64.0 Å². The van der Waals surface area contributed by atoms with E-state index in [1.807, 2.05) is 6.08 Å². The summed E-state index contributed by atoms with van der Waals surface area (Å²) in [5.41, 5.74) is 2.39. The van der Waals surface area contributed by atoms with Crippen LogP contribution in [-0.4, -0.2) is 19.7 Å². The van der Waals surface area contributed by atoms with Gasteiger partial charge in [-0.25, -0.2) is 9.59 Å². The van der Waals surface area contributed by atoms with Crippen LogP contribution in [0.5, 0.6) is 17.2 Å². The van der Waals surface area contributed by atoms with E-state index in [1.165, 1.54) is 18.3 Å². The quantitative estimate of drug-likeness (QED) is 0.224. The molecular weight excluding hydrogens is 420 g/mol. The van der Waals surface area contributed by atoms with Gasteiger partial charge < -0.3 is 18.6 Å². The number of esters is 1. The Hall–Kier alpha value is -3.80. The molecular formula is C27H28O6. The molecule has 6 heteroatoms. The third kappa shape index (κ3) is 6.35. The molecule has 1 heterocycles. The average Bonchev–Trinajstić information content (AvgIpc) is 2.79. The number of carbonyl (C=O) groups excluding carboxylic acids is 1. The van der Waals surface area contributed by atoms with Gasteiger partial charge >= 0.3 is 11.6 Å². The second-order valence-corrected chi connectivity index (χ2v) is 7.85. The first kappa shape index (κ1) is 23.9. The van der Waals surface area contributed by atoms with Gasteiger partial charge in [0, 0.05) is 6.07 Å². The fourth-order valence-electron chi connectivity index (χ4n) is 3.20. The Balaban J connectivity index is 1.81. The number of allylic oxidation sites excluding steroid dienone is 3. The van der Waals surface area contributed by atoms with Crippen LogP contribution in [0.15, 0.2) is 81.0 Å². The second kappa shape index (κ2) is 11.2. The van der Waals surface area contributed by atoms with E-state index in [4.69, 9.17) is 18.6 Å². The molecule has 0 aliphatic rings. The number of rotatable bonds is 9. The van der Waals surface area contributed by atoms with E-state index >= 15 is 0 Å². The molecule has 0 aliphatic heterocycles. The van der Waals surface area contributed by atoms with Crippen molar-refractivity contribution >= 4 is 16.9 Å². The van der Waals surface area contributed by atoms with Gasteiger partial charge in [0.2, 0.25) is 5.75 Å². The maximum absolute atomic E-state index is 12.6. The number of hydrogen-bond acceptors (Lipinski definition) is 6. The number of methoxy groups -OCH3 is 1. The van der Waals surface area contributed by atoms with Crippen LogP contribution in [0.25, 0.3) is 11.0 Å². The van der Waals surface area contributed by atoms with Gasteiger partial charge in [-0.15, -0.1) is 0 Å². The molecule has 0 unspecified atom stereocenters. The molecule has 0 atom stereocenters. The molecule has 3 rings (SSSR count). The Bertz CT molecular complexity index is 1230. The molecule has 0 fully saturated rings. The van der Waals surface area contributed by atoms with E-state index in [1.54, 1.807) is 48.5 Å². The first-order valence-corrected chi connectivity index (χ1v) is 10.7. The summed E-state index contributed by atoms with van der Waals surface area (Å²) < 4.78 is 21.9. The molecule has 3 aromatic rings. The van der Waals surface area contributed by atoms with Gasteiger partial charge in [0.05, 0.1) is 18.1 Å². The average molecular weight is 449 g/mol.